The number of ether oxygens (including phenoxy) is 1. The predicted molar refractivity (Wildman–Crippen MR) is 103 cm³/mol. The first kappa shape index (κ1) is 19.2. The minimum absolute atomic E-state index is 0.339. The maximum Gasteiger partial charge on any atom is 0.340 e. The van der Waals surface area contributed by atoms with Crippen LogP contribution in [0.5, 0.6) is 5.75 Å². The Hall–Kier alpha value is -3.61. The van der Waals surface area contributed by atoms with E-state index in [-0.39, 0.29) is 6.61 Å². The highest BCUT2D eigenvalue weighted by Gasteiger charge is 2.13. The van der Waals surface area contributed by atoms with Gasteiger partial charge in [0.25, 0.3) is 5.91 Å². The first-order valence-electron chi connectivity index (χ1n) is 8.65. The van der Waals surface area contributed by atoms with E-state index in [1.165, 1.54) is 0 Å². The van der Waals surface area contributed by atoms with Crippen molar-refractivity contribution in [3.63, 3.8) is 0 Å². The minimum Gasteiger partial charge on any atom is -0.484 e. The number of aryl methyl sites for hydroxylation is 1. The van der Waals surface area contributed by atoms with Crippen LogP contribution in [0, 0.1) is 6.92 Å². The number of fused-ring (bicyclic) bond motifs is 1. The number of rotatable bonds is 7. The van der Waals surface area contributed by atoms with E-state index in [0.717, 1.165) is 16.5 Å². The fourth-order valence-electron chi connectivity index (χ4n) is 2.84. The molecule has 0 aliphatic rings. The zero-order valence-electron chi connectivity index (χ0n) is 15.2. The smallest absolute Gasteiger partial charge is 0.340 e. The molecule has 3 aromatic rings. The average Bonchev–Trinajstić information content (AvgIpc) is 2.68. The first-order valence-corrected chi connectivity index (χ1v) is 8.65. The number of carbonyl (C=O) groups is 2. The number of carboxylic acid groups (broad SMARTS) is 1. The Morgan fingerprint density at radius 3 is 2.61 bits per heavy atom. The van der Waals surface area contributed by atoms with Gasteiger partial charge in [-0.3, -0.25) is 9.59 Å². The third-order valence-electron chi connectivity index (χ3n) is 4.29. The lowest BCUT2D eigenvalue weighted by Gasteiger charge is -2.10. The highest BCUT2D eigenvalue weighted by atomic mass is 16.5. The molecule has 0 unspecified atom stereocenters. The molecule has 1 aromatic heterocycles. The molecule has 1 amide bonds. The van der Waals surface area contributed by atoms with Gasteiger partial charge < -0.3 is 19.6 Å². The highest BCUT2D eigenvalue weighted by molar-refractivity contribution is 5.83. The normalized spacial score (nSPS) is 10.6. The van der Waals surface area contributed by atoms with Crippen LogP contribution in [0.4, 0.5) is 0 Å². The van der Waals surface area contributed by atoms with Gasteiger partial charge in [-0.15, -0.1) is 0 Å². The Morgan fingerprint density at radius 1 is 1.14 bits per heavy atom. The molecule has 2 aromatic carbocycles. The van der Waals surface area contributed by atoms with Crippen LogP contribution in [0.15, 0.2) is 57.7 Å². The summed E-state index contributed by atoms with van der Waals surface area (Å²) in [6.07, 6.45) is 0.479. The molecular formula is C21H19NO6. The van der Waals surface area contributed by atoms with Gasteiger partial charge in [-0.1, -0.05) is 30.3 Å². The van der Waals surface area contributed by atoms with Crippen molar-refractivity contribution >= 4 is 22.8 Å². The number of carboxylic acids is 1. The van der Waals surface area contributed by atoms with Gasteiger partial charge in [0.1, 0.15) is 17.9 Å². The summed E-state index contributed by atoms with van der Waals surface area (Å²) in [6, 6.07) is 14.7. The predicted octanol–water partition coefficient (Wildman–Crippen LogP) is 2.27. The molecular weight excluding hydrogens is 362 g/mol. The van der Waals surface area contributed by atoms with Gasteiger partial charge >= 0.3 is 11.6 Å². The molecule has 0 atom stereocenters. The fraction of sp³-hybridized carbons (Fsp3) is 0.190. The summed E-state index contributed by atoms with van der Waals surface area (Å²) >= 11 is 0. The highest BCUT2D eigenvalue weighted by Crippen LogP contribution is 2.25. The Balaban J connectivity index is 1.80. The van der Waals surface area contributed by atoms with Crippen LogP contribution >= 0.6 is 0 Å². The Kier molecular flexibility index (Phi) is 5.74. The van der Waals surface area contributed by atoms with E-state index >= 15 is 0 Å². The quantitative estimate of drug-likeness (QED) is 0.608. The van der Waals surface area contributed by atoms with Crippen LogP contribution in [-0.4, -0.2) is 30.1 Å². The molecule has 0 spiro atoms. The number of nitrogens with one attached hydrogen (secondary N) is 1. The van der Waals surface area contributed by atoms with Crippen LogP contribution in [0.1, 0.15) is 16.7 Å². The molecule has 7 heteroatoms. The number of hydrogen-bond acceptors (Lipinski definition) is 5. The molecule has 3 rings (SSSR count). The molecule has 0 aliphatic heterocycles. The van der Waals surface area contributed by atoms with Crippen molar-refractivity contribution in [2.45, 2.75) is 13.3 Å². The lowest BCUT2D eigenvalue weighted by atomic mass is 10.00. The first-order chi connectivity index (χ1) is 13.4. The summed E-state index contributed by atoms with van der Waals surface area (Å²) in [5.41, 5.74) is 2.40. The molecule has 144 valence electrons. The van der Waals surface area contributed by atoms with E-state index in [0.29, 0.717) is 23.3 Å². The van der Waals surface area contributed by atoms with Gasteiger partial charge in [0.15, 0.2) is 6.61 Å². The molecule has 0 aliphatic carbocycles. The van der Waals surface area contributed by atoms with E-state index in [1.54, 1.807) is 18.2 Å². The molecule has 1 heterocycles. The molecule has 0 bridgehead atoms. The van der Waals surface area contributed by atoms with Crippen LogP contribution in [0.25, 0.3) is 11.0 Å². The van der Waals surface area contributed by atoms with E-state index in [1.807, 2.05) is 37.3 Å². The van der Waals surface area contributed by atoms with Crippen molar-refractivity contribution in [1.82, 2.24) is 5.32 Å². The van der Waals surface area contributed by atoms with E-state index in [4.69, 9.17) is 14.3 Å². The standard InChI is InChI=1S/C21H19NO6/c1-13-16-8-7-15(27-12-19(23)22-11-20(24)25)10-18(16)28-21(26)17(13)9-14-5-3-2-4-6-14/h2-8,10H,9,11-12H2,1H3,(H,22,23)(H,24,25). The van der Waals surface area contributed by atoms with Gasteiger partial charge in [0.2, 0.25) is 0 Å². The molecule has 0 radical (unpaired) electrons. The van der Waals surface area contributed by atoms with Crippen LogP contribution < -0.4 is 15.7 Å². The lowest BCUT2D eigenvalue weighted by molar-refractivity contribution is -0.138. The maximum atomic E-state index is 12.5. The number of hydrogen-bond donors (Lipinski definition) is 2. The van der Waals surface area contributed by atoms with Gasteiger partial charge in [0, 0.05) is 23.4 Å². The number of amides is 1. The molecule has 0 saturated heterocycles. The topological polar surface area (TPSA) is 106 Å². The van der Waals surface area contributed by atoms with E-state index in [2.05, 4.69) is 5.32 Å². The second-order valence-electron chi connectivity index (χ2n) is 6.27. The summed E-state index contributed by atoms with van der Waals surface area (Å²) < 4.78 is 10.8. The molecule has 2 N–H and O–H groups in total. The fourth-order valence-corrected chi connectivity index (χ4v) is 2.84. The molecule has 0 saturated carbocycles. The zero-order valence-corrected chi connectivity index (χ0v) is 15.2. The Morgan fingerprint density at radius 2 is 1.89 bits per heavy atom. The largest absolute Gasteiger partial charge is 0.484 e. The van der Waals surface area contributed by atoms with Crippen molar-refractivity contribution in [2.24, 2.45) is 0 Å². The minimum atomic E-state index is -1.14. The summed E-state index contributed by atoms with van der Waals surface area (Å²) in [5.74, 6) is -1.35. The summed E-state index contributed by atoms with van der Waals surface area (Å²) in [4.78, 5) is 34.4. The lowest BCUT2D eigenvalue weighted by Crippen LogP contribution is -2.33. The van der Waals surface area contributed by atoms with E-state index < -0.39 is 24.0 Å². The maximum absolute atomic E-state index is 12.5. The zero-order chi connectivity index (χ0) is 20.1. The van der Waals surface area contributed by atoms with Gasteiger partial charge in [-0.2, -0.15) is 0 Å². The molecule has 7 nitrogen and oxygen atoms in total. The Bertz CT molecular complexity index is 1070. The summed E-state index contributed by atoms with van der Waals surface area (Å²) in [6.45, 7) is 1.06. The monoisotopic (exact) mass is 381 g/mol. The number of benzene rings is 2. The van der Waals surface area contributed by atoms with Crippen LogP contribution in [-0.2, 0) is 16.0 Å². The van der Waals surface area contributed by atoms with Crippen molar-refractivity contribution in [1.29, 1.82) is 0 Å². The second-order valence-corrected chi connectivity index (χ2v) is 6.27. The number of carbonyl (C=O) groups excluding carboxylic acids is 1. The summed E-state index contributed by atoms with van der Waals surface area (Å²) in [5, 5.41) is 11.5. The Labute approximate surface area is 160 Å². The van der Waals surface area contributed by atoms with Crippen LogP contribution in [0.3, 0.4) is 0 Å². The van der Waals surface area contributed by atoms with Gasteiger partial charge in [0.05, 0.1) is 0 Å². The third kappa shape index (κ3) is 4.56. The van der Waals surface area contributed by atoms with Crippen molar-refractivity contribution < 1.29 is 23.8 Å². The SMILES string of the molecule is Cc1c(Cc2ccccc2)c(=O)oc2cc(OCC(=O)NCC(=O)O)ccc12. The number of aliphatic carboxylic acids is 1. The summed E-state index contributed by atoms with van der Waals surface area (Å²) in [7, 11) is 0. The van der Waals surface area contributed by atoms with Crippen molar-refractivity contribution in [3.05, 3.63) is 75.6 Å². The van der Waals surface area contributed by atoms with E-state index in [9.17, 15) is 14.4 Å². The average molecular weight is 381 g/mol. The molecule has 0 fully saturated rings. The van der Waals surface area contributed by atoms with Gasteiger partial charge in [-0.25, -0.2) is 4.79 Å². The molecule has 28 heavy (non-hydrogen) atoms. The van der Waals surface area contributed by atoms with Gasteiger partial charge in [-0.05, 0) is 30.2 Å². The third-order valence-corrected chi connectivity index (χ3v) is 4.29. The second kappa shape index (κ2) is 8.39. The van der Waals surface area contributed by atoms with Crippen LogP contribution in [0.2, 0.25) is 0 Å². The van der Waals surface area contributed by atoms with Crippen molar-refractivity contribution in [2.75, 3.05) is 13.2 Å². The van der Waals surface area contributed by atoms with Crippen molar-refractivity contribution in [3.8, 4) is 5.75 Å².